The lowest BCUT2D eigenvalue weighted by molar-refractivity contribution is -0.119. The Kier molecular flexibility index (Phi) is 7.16. The SMILES string of the molecule is O=C(CSCc1c(F)cccc1Cl)NCC1(c2ccccc2)CCOCC1. The molecule has 0 atom stereocenters. The smallest absolute Gasteiger partial charge is 0.230 e. The second-order valence-electron chi connectivity index (χ2n) is 6.73. The van der Waals surface area contributed by atoms with Gasteiger partial charge in [-0.25, -0.2) is 4.39 Å². The van der Waals surface area contributed by atoms with Crippen LogP contribution in [-0.2, 0) is 20.7 Å². The zero-order valence-electron chi connectivity index (χ0n) is 15.0. The van der Waals surface area contributed by atoms with Crippen molar-refractivity contribution in [2.75, 3.05) is 25.5 Å². The minimum absolute atomic E-state index is 0.0470. The lowest BCUT2D eigenvalue weighted by Gasteiger charge is -2.38. The van der Waals surface area contributed by atoms with E-state index in [2.05, 4.69) is 17.4 Å². The number of benzene rings is 2. The normalized spacial score (nSPS) is 16.1. The number of rotatable bonds is 7. The van der Waals surface area contributed by atoms with Crippen molar-refractivity contribution in [3.05, 3.63) is 70.5 Å². The molecular weight excluding hydrogens is 385 g/mol. The van der Waals surface area contributed by atoms with Crippen molar-refractivity contribution in [3.8, 4) is 0 Å². The molecule has 1 saturated heterocycles. The highest BCUT2D eigenvalue weighted by Gasteiger charge is 2.34. The summed E-state index contributed by atoms with van der Waals surface area (Å²) in [6.45, 7) is 1.98. The van der Waals surface area contributed by atoms with Gasteiger partial charge in [-0.1, -0.05) is 48.0 Å². The maximum atomic E-state index is 13.8. The van der Waals surface area contributed by atoms with Crippen molar-refractivity contribution in [2.45, 2.75) is 24.0 Å². The summed E-state index contributed by atoms with van der Waals surface area (Å²) in [6, 6.07) is 14.9. The molecule has 2 aromatic rings. The standard InChI is InChI=1S/C21H23ClFNO2S/c22-18-7-4-8-19(23)17(18)13-27-14-20(25)24-15-21(9-11-26-12-10-21)16-5-2-1-3-6-16/h1-8H,9-15H2,(H,24,25). The van der Waals surface area contributed by atoms with Crippen LogP contribution in [-0.4, -0.2) is 31.4 Å². The van der Waals surface area contributed by atoms with Crippen LogP contribution >= 0.6 is 23.4 Å². The van der Waals surface area contributed by atoms with Crippen LogP contribution in [0.1, 0.15) is 24.0 Å². The first-order valence-electron chi connectivity index (χ1n) is 9.01. The van der Waals surface area contributed by atoms with Gasteiger partial charge in [0, 0.05) is 41.5 Å². The van der Waals surface area contributed by atoms with Gasteiger partial charge in [0.25, 0.3) is 0 Å². The van der Waals surface area contributed by atoms with Gasteiger partial charge < -0.3 is 10.1 Å². The van der Waals surface area contributed by atoms with Gasteiger partial charge in [-0.3, -0.25) is 4.79 Å². The van der Waals surface area contributed by atoms with E-state index in [1.165, 1.54) is 23.4 Å². The minimum Gasteiger partial charge on any atom is -0.381 e. The Bertz CT molecular complexity index is 746. The quantitative estimate of drug-likeness (QED) is 0.730. The summed E-state index contributed by atoms with van der Waals surface area (Å²) in [5.74, 6) is 0.262. The van der Waals surface area contributed by atoms with Gasteiger partial charge in [0.05, 0.1) is 5.75 Å². The first-order valence-corrected chi connectivity index (χ1v) is 10.5. The Morgan fingerprint density at radius 3 is 2.59 bits per heavy atom. The number of nitrogens with one attached hydrogen (secondary N) is 1. The number of amides is 1. The topological polar surface area (TPSA) is 38.3 Å². The number of thioether (sulfide) groups is 1. The fourth-order valence-corrected chi connectivity index (χ4v) is 4.55. The van der Waals surface area contributed by atoms with Gasteiger partial charge >= 0.3 is 0 Å². The van der Waals surface area contributed by atoms with Crippen molar-refractivity contribution in [2.24, 2.45) is 0 Å². The van der Waals surface area contributed by atoms with Crippen molar-refractivity contribution < 1.29 is 13.9 Å². The van der Waals surface area contributed by atoms with E-state index in [0.29, 0.717) is 36.1 Å². The fraction of sp³-hybridized carbons (Fsp3) is 0.381. The van der Waals surface area contributed by atoms with Crippen LogP contribution < -0.4 is 5.32 Å². The molecule has 0 radical (unpaired) electrons. The van der Waals surface area contributed by atoms with Crippen molar-refractivity contribution in [3.63, 3.8) is 0 Å². The van der Waals surface area contributed by atoms with Crippen molar-refractivity contribution >= 4 is 29.3 Å². The molecule has 1 amide bonds. The molecule has 0 unspecified atom stereocenters. The predicted octanol–water partition coefficient (Wildman–Crippen LogP) is 4.58. The highest BCUT2D eigenvalue weighted by atomic mass is 35.5. The first kappa shape index (κ1) is 20.2. The van der Waals surface area contributed by atoms with E-state index < -0.39 is 0 Å². The van der Waals surface area contributed by atoms with Gasteiger partial charge in [0.1, 0.15) is 5.82 Å². The van der Waals surface area contributed by atoms with Crippen molar-refractivity contribution in [1.29, 1.82) is 0 Å². The van der Waals surface area contributed by atoms with Gasteiger partial charge in [-0.2, -0.15) is 0 Å². The minimum atomic E-state index is -0.333. The lowest BCUT2D eigenvalue weighted by Crippen LogP contribution is -2.45. The zero-order valence-corrected chi connectivity index (χ0v) is 16.6. The summed E-state index contributed by atoms with van der Waals surface area (Å²) < 4.78 is 19.3. The molecule has 3 rings (SSSR count). The van der Waals surface area contributed by atoms with Crippen LogP contribution in [0.3, 0.4) is 0 Å². The van der Waals surface area contributed by atoms with Gasteiger partial charge in [-0.05, 0) is 30.5 Å². The third-order valence-electron chi connectivity index (χ3n) is 5.00. The highest BCUT2D eigenvalue weighted by Crippen LogP contribution is 2.34. The summed E-state index contributed by atoms with van der Waals surface area (Å²) in [7, 11) is 0. The van der Waals surface area contributed by atoms with Crippen LogP contribution in [0.5, 0.6) is 0 Å². The number of hydrogen-bond acceptors (Lipinski definition) is 3. The highest BCUT2D eigenvalue weighted by molar-refractivity contribution is 7.99. The molecule has 3 nitrogen and oxygen atoms in total. The molecule has 1 aliphatic heterocycles. The van der Waals surface area contributed by atoms with E-state index in [1.54, 1.807) is 12.1 Å². The molecule has 1 heterocycles. The number of ether oxygens (including phenoxy) is 1. The van der Waals surface area contributed by atoms with E-state index in [1.807, 2.05) is 18.2 Å². The second kappa shape index (κ2) is 9.58. The molecule has 0 bridgehead atoms. The molecule has 0 spiro atoms. The molecule has 27 heavy (non-hydrogen) atoms. The summed E-state index contributed by atoms with van der Waals surface area (Å²) in [5, 5.41) is 3.46. The van der Waals surface area contributed by atoms with Crippen LogP contribution in [0.25, 0.3) is 0 Å². The molecule has 0 aliphatic carbocycles. The summed E-state index contributed by atoms with van der Waals surface area (Å²) in [5.41, 5.74) is 1.59. The number of carbonyl (C=O) groups excluding carboxylic acids is 1. The number of halogens is 2. The van der Waals surface area contributed by atoms with E-state index in [-0.39, 0.29) is 22.9 Å². The molecule has 6 heteroatoms. The maximum absolute atomic E-state index is 13.8. The molecule has 0 aromatic heterocycles. The third kappa shape index (κ3) is 5.24. The predicted molar refractivity (Wildman–Crippen MR) is 109 cm³/mol. The fourth-order valence-electron chi connectivity index (χ4n) is 3.36. The van der Waals surface area contributed by atoms with Crippen molar-refractivity contribution in [1.82, 2.24) is 5.32 Å². The Morgan fingerprint density at radius 2 is 1.89 bits per heavy atom. The summed E-state index contributed by atoms with van der Waals surface area (Å²) in [6.07, 6.45) is 1.77. The van der Waals surface area contributed by atoms with E-state index >= 15 is 0 Å². The van der Waals surface area contributed by atoms with E-state index in [9.17, 15) is 9.18 Å². The van der Waals surface area contributed by atoms with Gasteiger partial charge in [0.15, 0.2) is 0 Å². The second-order valence-corrected chi connectivity index (χ2v) is 8.12. The largest absolute Gasteiger partial charge is 0.381 e. The Labute approximate surface area is 168 Å². The lowest BCUT2D eigenvalue weighted by atomic mass is 9.74. The van der Waals surface area contributed by atoms with Gasteiger partial charge in [0.2, 0.25) is 5.91 Å². The van der Waals surface area contributed by atoms with Crippen LogP contribution in [0.4, 0.5) is 4.39 Å². The van der Waals surface area contributed by atoms with E-state index in [0.717, 1.165) is 12.8 Å². The summed E-state index contributed by atoms with van der Waals surface area (Å²) in [4.78, 5) is 12.3. The molecule has 1 N–H and O–H groups in total. The Balaban J connectivity index is 1.54. The number of hydrogen-bond donors (Lipinski definition) is 1. The molecule has 2 aromatic carbocycles. The Morgan fingerprint density at radius 1 is 1.15 bits per heavy atom. The average Bonchev–Trinajstić information content (AvgIpc) is 2.70. The third-order valence-corrected chi connectivity index (χ3v) is 6.31. The summed E-state index contributed by atoms with van der Waals surface area (Å²) >= 11 is 7.39. The first-order chi connectivity index (χ1) is 13.1. The molecule has 1 fully saturated rings. The average molecular weight is 408 g/mol. The van der Waals surface area contributed by atoms with Crippen LogP contribution in [0.2, 0.25) is 5.02 Å². The number of carbonyl (C=O) groups is 1. The van der Waals surface area contributed by atoms with Crippen LogP contribution in [0.15, 0.2) is 48.5 Å². The molecular formula is C21H23ClFNO2S. The van der Waals surface area contributed by atoms with Crippen LogP contribution in [0, 0.1) is 5.82 Å². The maximum Gasteiger partial charge on any atom is 0.230 e. The monoisotopic (exact) mass is 407 g/mol. The van der Waals surface area contributed by atoms with E-state index in [4.69, 9.17) is 16.3 Å². The zero-order chi connectivity index (χ0) is 19.1. The van der Waals surface area contributed by atoms with Gasteiger partial charge in [-0.15, -0.1) is 11.8 Å². The molecule has 144 valence electrons. The molecule has 1 aliphatic rings. The Hall–Kier alpha value is -1.56. The molecule has 0 saturated carbocycles.